The van der Waals surface area contributed by atoms with Gasteiger partial charge in [0.15, 0.2) is 6.04 Å². The number of nitrogens with zero attached hydrogens (tertiary/aromatic N) is 1. The van der Waals surface area contributed by atoms with E-state index in [1.165, 1.54) is 12.1 Å². The van der Waals surface area contributed by atoms with Crippen molar-refractivity contribution >= 4 is 11.9 Å². The Kier molecular flexibility index (Phi) is 2.98. The van der Waals surface area contributed by atoms with Crippen molar-refractivity contribution in [2.45, 2.75) is 12.2 Å². The van der Waals surface area contributed by atoms with E-state index in [2.05, 4.69) is 4.99 Å². The van der Waals surface area contributed by atoms with Gasteiger partial charge in [0, 0.05) is 5.56 Å². The van der Waals surface area contributed by atoms with Gasteiger partial charge in [-0.05, 0) is 24.3 Å². The van der Waals surface area contributed by atoms with E-state index in [9.17, 15) is 18.0 Å². The Hall–Kier alpha value is -2.05. The van der Waals surface area contributed by atoms with Crippen LogP contribution in [0.2, 0.25) is 0 Å². The lowest BCUT2D eigenvalue weighted by atomic mass is 10.1. The topological polar surface area (TPSA) is 58.9 Å². The van der Waals surface area contributed by atoms with E-state index in [1.54, 1.807) is 0 Å². The fraction of sp³-hybridized carbons (Fsp3) is 0.273. The molecule has 7 heteroatoms. The number of halogens is 3. The number of hydrogen-bond acceptors (Lipinski definition) is 3. The van der Waals surface area contributed by atoms with Gasteiger partial charge in [-0.1, -0.05) is 0 Å². The molecule has 18 heavy (non-hydrogen) atoms. The largest absolute Gasteiger partial charge is 0.480 e. The molecule has 1 unspecified atom stereocenters. The highest BCUT2D eigenvalue weighted by molar-refractivity contribution is 5.97. The van der Waals surface area contributed by atoms with Gasteiger partial charge in [-0.15, -0.1) is 0 Å². The van der Waals surface area contributed by atoms with Crippen LogP contribution in [-0.4, -0.2) is 29.6 Å². The van der Waals surface area contributed by atoms with Crippen LogP contribution >= 0.6 is 0 Å². The van der Waals surface area contributed by atoms with E-state index < -0.39 is 23.8 Å². The van der Waals surface area contributed by atoms with E-state index >= 15 is 0 Å². The third-order valence-electron chi connectivity index (χ3n) is 2.40. The van der Waals surface area contributed by atoms with Crippen LogP contribution in [-0.2, 0) is 15.7 Å². The molecule has 0 radical (unpaired) electrons. The first-order valence-electron chi connectivity index (χ1n) is 4.99. The maximum absolute atomic E-state index is 12.3. The summed E-state index contributed by atoms with van der Waals surface area (Å²) in [6.07, 6.45) is -4.40. The molecule has 0 spiro atoms. The summed E-state index contributed by atoms with van der Waals surface area (Å²) in [6, 6.07) is 3.20. The predicted molar refractivity (Wildman–Crippen MR) is 55.4 cm³/mol. The van der Waals surface area contributed by atoms with E-state index in [0.717, 1.165) is 12.1 Å². The smallest absolute Gasteiger partial charge is 0.416 e. The second-order valence-electron chi connectivity index (χ2n) is 3.67. The van der Waals surface area contributed by atoms with Crippen molar-refractivity contribution in [3.63, 3.8) is 0 Å². The Labute approximate surface area is 99.7 Å². The van der Waals surface area contributed by atoms with Gasteiger partial charge in [-0.25, -0.2) is 9.79 Å². The zero-order valence-electron chi connectivity index (χ0n) is 8.94. The maximum Gasteiger partial charge on any atom is 0.416 e. The number of aliphatic imine (C=N–C) groups is 1. The maximum atomic E-state index is 12.3. The Morgan fingerprint density at radius 2 is 1.94 bits per heavy atom. The summed E-state index contributed by atoms with van der Waals surface area (Å²) in [7, 11) is 0. The molecule has 1 N–H and O–H groups in total. The SMILES string of the molecule is O=C(O)C1COC(c2ccc(C(F)(F)F)cc2)=N1. The van der Waals surface area contributed by atoms with Gasteiger partial charge >= 0.3 is 12.1 Å². The van der Waals surface area contributed by atoms with Crippen LogP contribution in [0.5, 0.6) is 0 Å². The molecular weight excluding hydrogens is 251 g/mol. The van der Waals surface area contributed by atoms with Crippen LogP contribution in [0, 0.1) is 0 Å². The number of benzene rings is 1. The molecule has 0 saturated heterocycles. The minimum absolute atomic E-state index is 0.0520. The Bertz CT molecular complexity index is 493. The highest BCUT2D eigenvalue weighted by atomic mass is 19.4. The molecule has 0 amide bonds. The Balaban J connectivity index is 2.21. The van der Waals surface area contributed by atoms with Crippen molar-refractivity contribution in [3.8, 4) is 0 Å². The minimum atomic E-state index is -4.40. The molecule has 0 saturated carbocycles. The van der Waals surface area contributed by atoms with Crippen LogP contribution < -0.4 is 0 Å². The molecule has 1 aromatic rings. The molecule has 96 valence electrons. The molecule has 1 aliphatic rings. The third-order valence-corrected chi connectivity index (χ3v) is 2.40. The van der Waals surface area contributed by atoms with Crippen LogP contribution in [0.15, 0.2) is 29.3 Å². The van der Waals surface area contributed by atoms with Crippen molar-refractivity contribution in [1.29, 1.82) is 0 Å². The number of ether oxygens (including phenoxy) is 1. The van der Waals surface area contributed by atoms with Gasteiger partial charge in [-0.3, -0.25) is 0 Å². The molecule has 0 fully saturated rings. The molecular formula is C11H8F3NO3. The van der Waals surface area contributed by atoms with E-state index in [0.29, 0.717) is 5.56 Å². The molecule has 0 aliphatic carbocycles. The van der Waals surface area contributed by atoms with Crippen molar-refractivity contribution in [1.82, 2.24) is 0 Å². The highest BCUT2D eigenvalue weighted by Gasteiger charge is 2.31. The molecule has 0 bridgehead atoms. The quantitative estimate of drug-likeness (QED) is 0.882. The number of hydrogen-bond donors (Lipinski definition) is 1. The van der Waals surface area contributed by atoms with Gasteiger partial charge in [0.05, 0.1) is 5.56 Å². The highest BCUT2D eigenvalue weighted by Crippen LogP contribution is 2.29. The summed E-state index contributed by atoms with van der Waals surface area (Å²) in [5, 5.41) is 8.69. The van der Waals surface area contributed by atoms with Gasteiger partial charge < -0.3 is 9.84 Å². The number of aliphatic carboxylic acids is 1. The van der Waals surface area contributed by atoms with Gasteiger partial charge in [0.25, 0.3) is 0 Å². The van der Waals surface area contributed by atoms with Crippen molar-refractivity contribution in [2.75, 3.05) is 6.61 Å². The summed E-state index contributed by atoms with van der Waals surface area (Å²) < 4.78 is 42.0. The van der Waals surface area contributed by atoms with E-state index in [4.69, 9.17) is 9.84 Å². The van der Waals surface area contributed by atoms with Crippen molar-refractivity contribution in [2.24, 2.45) is 4.99 Å². The first-order chi connectivity index (χ1) is 8.38. The van der Waals surface area contributed by atoms with Crippen LogP contribution in [0.3, 0.4) is 0 Å². The average molecular weight is 259 g/mol. The monoisotopic (exact) mass is 259 g/mol. The lowest BCUT2D eigenvalue weighted by molar-refractivity contribution is -0.139. The summed E-state index contributed by atoms with van der Waals surface area (Å²) in [5.74, 6) is -1.08. The van der Waals surface area contributed by atoms with Crippen molar-refractivity contribution < 1.29 is 27.8 Å². The lowest BCUT2D eigenvalue weighted by Crippen LogP contribution is -2.18. The second kappa shape index (κ2) is 4.32. The van der Waals surface area contributed by atoms with Crippen molar-refractivity contribution in [3.05, 3.63) is 35.4 Å². The van der Waals surface area contributed by atoms with Crippen LogP contribution in [0.25, 0.3) is 0 Å². The third kappa shape index (κ3) is 2.44. The Morgan fingerprint density at radius 3 is 2.39 bits per heavy atom. The fourth-order valence-electron chi connectivity index (χ4n) is 1.46. The fourth-order valence-corrected chi connectivity index (χ4v) is 1.46. The minimum Gasteiger partial charge on any atom is -0.480 e. The van der Waals surface area contributed by atoms with Crippen LogP contribution in [0.1, 0.15) is 11.1 Å². The zero-order valence-corrected chi connectivity index (χ0v) is 8.94. The molecule has 1 heterocycles. The summed E-state index contributed by atoms with van der Waals surface area (Å²) in [4.78, 5) is 14.4. The van der Waals surface area contributed by atoms with Crippen LogP contribution in [0.4, 0.5) is 13.2 Å². The molecule has 0 aromatic heterocycles. The first-order valence-corrected chi connectivity index (χ1v) is 4.99. The normalized spacial score (nSPS) is 19.3. The second-order valence-corrected chi connectivity index (χ2v) is 3.67. The lowest BCUT2D eigenvalue weighted by Gasteiger charge is -2.07. The summed E-state index contributed by atoms with van der Waals surface area (Å²) in [6.45, 7) is -0.105. The molecule has 1 aliphatic heterocycles. The van der Waals surface area contributed by atoms with Gasteiger partial charge in [0.2, 0.25) is 5.90 Å². The average Bonchev–Trinajstić information content (AvgIpc) is 2.77. The van der Waals surface area contributed by atoms with Gasteiger partial charge in [0.1, 0.15) is 6.61 Å². The zero-order chi connectivity index (χ0) is 13.3. The van der Waals surface area contributed by atoms with Gasteiger partial charge in [-0.2, -0.15) is 13.2 Å². The number of carboxylic acids is 1. The molecule has 4 nitrogen and oxygen atoms in total. The summed E-state index contributed by atoms with van der Waals surface area (Å²) in [5.41, 5.74) is -0.452. The Morgan fingerprint density at radius 1 is 1.33 bits per heavy atom. The number of carbonyl (C=O) groups is 1. The van der Waals surface area contributed by atoms with E-state index in [-0.39, 0.29) is 12.5 Å². The molecule has 2 rings (SSSR count). The predicted octanol–water partition coefficient (Wildman–Crippen LogP) is 1.94. The first kappa shape index (κ1) is 12.4. The number of carboxylic acid groups (broad SMARTS) is 1. The molecule has 1 aromatic carbocycles. The molecule has 1 atom stereocenters. The standard InChI is InChI=1S/C11H8F3NO3/c12-11(13,14)7-3-1-6(2-4-7)9-15-8(5-18-9)10(16)17/h1-4,8H,5H2,(H,16,17). The number of rotatable bonds is 2. The summed E-state index contributed by atoms with van der Waals surface area (Å²) >= 11 is 0. The number of alkyl halides is 3. The van der Waals surface area contributed by atoms with E-state index in [1.807, 2.05) is 0 Å².